The largest absolute Gasteiger partial charge is 0.492 e. The molecule has 0 spiro atoms. The van der Waals surface area contributed by atoms with E-state index in [2.05, 4.69) is 4.98 Å². The zero-order valence-electron chi connectivity index (χ0n) is 11.4. The number of benzene rings is 1. The van der Waals surface area contributed by atoms with Crippen LogP contribution in [0.5, 0.6) is 5.75 Å². The van der Waals surface area contributed by atoms with Crippen LogP contribution in [0.2, 0.25) is 5.02 Å². The number of halogens is 1. The highest BCUT2D eigenvalue weighted by atomic mass is 35.5. The summed E-state index contributed by atoms with van der Waals surface area (Å²) in [6.07, 6.45) is 2.83. The second kappa shape index (κ2) is 5.46. The fourth-order valence-corrected chi connectivity index (χ4v) is 3.52. The van der Waals surface area contributed by atoms with Crippen LogP contribution >= 0.6 is 11.6 Å². The van der Waals surface area contributed by atoms with E-state index in [1.54, 1.807) is 26.8 Å². The molecule has 0 fully saturated rings. The third-order valence-corrected chi connectivity index (χ3v) is 5.03. The summed E-state index contributed by atoms with van der Waals surface area (Å²) in [4.78, 5) is 3.97. The van der Waals surface area contributed by atoms with Crippen molar-refractivity contribution in [2.45, 2.75) is 25.7 Å². The Morgan fingerprint density at radius 1 is 1.35 bits per heavy atom. The van der Waals surface area contributed by atoms with Gasteiger partial charge < -0.3 is 4.74 Å². The molecule has 0 saturated carbocycles. The number of aromatic nitrogens is 2. The Balaban J connectivity index is 2.68. The van der Waals surface area contributed by atoms with Crippen LogP contribution in [-0.4, -0.2) is 24.0 Å². The SMILES string of the molecule is CCOc1cc(C)c(Cl)cc1S(=O)(=O)n1ccnc1C. The number of ether oxygens (including phenoxy) is 1. The van der Waals surface area contributed by atoms with Gasteiger partial charge in [0.25, 0.3) is 10.0 Å². The van der Waals surface area contributed by atoms with Crippen molar-refractivity contribution in [2.75, 3.05) is 6.61 Å². The van der Waals surface area contributed by atoms with Crippen LogP contribution in [0.4, 0.5) is 0 Å². The van der Waals surface area contributed by atoms with Gasteiger partial charge in [0.15, 0.2) is 0 Å². The molecule has 7 heteroatoms. The average Bonchev–Trinajstić information content (AvgIpc) is 2.80. The second-order valence-electron chi connectivity index (χ2n) is 4.26. The fraction of sp³-hybridized carbons (Fsp3) is 0.308. The van der Waals surface area contributed by atoms with Crippen molar-refractivity contribution in [3.05, 3.63) is 40.9 Å². The van der Waals surface area contributed by atoms with Gasteiger partial charge in [-0.15, -0.1) is 0 Å². The topological polar surface area (TPSA) is 61.2 Å². The zero-order valence-corrected chi connectivity index (χ0v) is 13.0. The number of nitrogens with zero attached hydrogens (tertiary/aromatic N) is 2. The van der Waals surface area contributed by atoms with Gasteiger partial charge in [0.1, 0.15) is 16.5 Å². The molecule has 0 aliphatic rings. The van der Waals surface area contributed by atoms with E-state index in [1.165, 1.54) is 18.5 Å². The molecule has 0 N–H and O–H groups in total. The molecular formula is C13H15ClN2O3S. The monoisotopic (exact) mass is 314 g/mol. The Hall–Kier alpha value is -1.53. The Morgan fingerprint density at radius 3 is 2.60 bits per heavy atom. The Labute approximate surface area is 123 Å². The number of hydrogen-bond acceptors (Lipinski definition) is 4. The number of aryl methyl sites for hydroxylation is 2. The minimum absolute atomic E-state index is 0.0380. The van der Waals surface area contributed by atoms with Gasteiger partial charge >= 0.3 is 0 Å². The van der Waals surface area contributed by atoms with Crippen molar-refractivity contribution in [1.82, 2.24) is 8.96 Å². The molecule has 2 aromatic rings. The van der Waals surface area contributed by atoms with Crippen molar-refractivity contribution in [1.29, 1.82) is 0 Å². The van der Waals surface area contributed by atoms with Crippen LogP contribution < -0.4 is 4.74 Å². The van der Waals surface area contributed by atoms with Gasteiger partial charge in [-0.05, 0) is 38.5 Å². The molecule has 1 aromatic heterocycles. The first-order valence-electron chi connectivity index (χ1n) is 6.06. The Kier molecular flexibility index (Phi) is 4.06. The van der Waals surface area contributed by atoms with Crippen molar-refractivity contribution in [3.8, 4) is 5.75 Å². The van der Waals surface area contributed by atoms with Gasteiger partial charge in [-0.1, -0.05) is 11.6 Å². The summed E-state index contributed by atoms with van der Waals surface area (Å²) >= 11 is 6.05. The summed E-state index contributed by atoms with van der Waals surface area (Å²) in [5.74, 6) is 0.673. The Morgan fingerprint density at radius 2 is 2.05 bits per heavy atom. The summed E-state index contributed by atoms with van der Waals surface area (Å²) < 4.78 is 31.9. The predicted molar refractivity (Wildman–Crippen MR) is 76.9 cm³/mol. The van der Waals surface area contributed by atoms with Crippen molar-refractivity contribution >= 4 is 21.6 Å². The summed E-state index contributed by atoms with van der Waals surface area (Å²) in [6, 6.07) is 3.04. The van der Waals surface area contributed by atoms with E-state index in [-0.39, 0.29) is 4.90 Å². The quantitative estimate of drug-likeness (QED) is 0.870. The zero-order chi connectivity index (χ0) is 14.9. The normalized spacial score (nSPS) is 11.6. The molecule has 2 rings (SSSR count). The minimum atomic E-state index is -3.77. The van der Waals surface area contributed by atoms with E-state index >= 15 is 0 Å². The van der Waals surface area contributed by atoms with Crippen molar-refractivity contribution in [3.63, 3.8) is 0 Å². The van der Waals surface area contributed by atoms with E-state index in [9.17, 15) is 8.42 Å². The van der Waals surface area contributed by atoms with Crippen LogP contribution in [0.1, 0.15) is 18.3 Å². The van der Waals surface area contributed by atoms with Crippen molar-refractivity contribution in [2.24, 2.45) is 0 Å². The number of imidazole rings is 1. The summed E-state index contributed by atoms with van der Waals surface area (Å²) in [5.41, 5.74) is 0.761. The average molecular weight is 315 g/mol. The van der Waals surface area contributed by atoms with Crippen LogP contribution in [0, 0.1) is 13.8 Å². The Bertz CT molecular complexity index is 738. The first kappa shape index (κ1) is 14.9. The highest BCUT2D eigenvalue weighted by molar-refractivity contribution is 7.90. The molecule has 0 aliphatic carbocycles. The third-order valence-electron chi connectivity index (χ3n) is 2.84. The summed E-state index contributed by atoms with van der Waals surface area (Å²) in [6.45, 7) is 5.58. The molecule has 0 atom stereocenters. The van der Waals surface area contributed by atoms with Crippen LogP contribution in [0.15, 0.2) is 29.4 Å². The molecular weight excluding hydrogens is 300 g/mol. The molecule has 0 amide bonds. The lowest BCUT2D eigenvalue weighted by Gasteiger charge is -2.14. The molecule has 1 aromatic carbocycles. The predicted octanol–water partition coefficient (Wildman–Crippen LogP) is 2.79. The molecule has 0 aliphatic heterocycles. The lowest BCUT2D eigenvalue weighted by molar-refractivity contribution is 0.331. The maximum Gasteiger partial charge on any atom is 0.272 e. The fourth-order valence-electron chi connectivity index (χ4n) is 1.83. The lowest BCUT2D eigenvalue weighted by atomic mass is 10.2. The van der Waals surface area contributed by atoms with Gasteiger partial charge in [-0.3, -0.25) is 0 Å². The number of rotatable bonds is 4. The van der Waals surface area contributed by atoms with E-state index in [1.807, 2.05) is 0 Å². The van der Waals surface area contributed by atoms with Gasteiger partial charge in [0, 0.05) is 17.4 Å². The lowest BCUT2D eigenvalue weighted by Crippen LogP contribution is -2.15. The maximum atomic E-state index is 12.7. The van der Waals surface area contributed by atoms with E-state index < -0.39 is 10.0 Å². The smallest absolute Gasteiger partial charge is 0.272 e. The van der Waals surface area contributed by atoms with Crippen LogP contribution in [0.3, 0.4) is 0 Å². The van der Waals surface area contributed by atoms with Gasteiger partial charge in [-0.2, -0.15) is 0 Å². The molecule has 108 valence electrons. The minimum Gasteiger partial charge on any atom is -0.492 e. The molecule has 1 heterocycles. The van der Waals surface area contributed by atoms with Gasteiger partial charge in [0.2, 0.25) is 0 Å². The summed E-state index contributed by atoms with van der Waals surface area (Å²) in [5, 5.41) is 0.379. The van der Waals surface area contributed by atoms with E-state index in [4.69, 9.17) is 16.3 Å². The third kappa shape index (κ3) is 2.53. The highest BCUT2D eigenvalue weighted by Crippen LogP contribution is 2.32. The molecule has 0 radical (unpaired) electrons. The second-order valence-corrected chi connectivity index (χ2v) is 6.45. The first-order valence-corrected chi connectivity index (χ1v) is 7.88. The van der Waals surface area contributed by atoms with Gasteiger partial charge in [-0.25, -0.2) is 17.4 Å². The summed E-state index contributed by atoms with van der Waals surface area (Å²) in [7, 11) is -3.77. The number of hydrogen-bond donors (Lipinski definition) is 0. The molecule has 5 nitrogen and oxygen atoms in total. The van der Waals surface area contributed by atoms with Crippen LogP contribution in [-0.2, 0) is 10.0 Å². The molecule has 0 bridgehead atoms. The van der Waals surface area contributed by atoms with E-state index in [0.29, 0.717) is 23.2 Å². The first-order chi connectivity index (χ1) is 9.37. The van der Waals surface area contributed by atoms with Gasteiger partial charge in [0.05, 0.1) is 6.61 Å². The molecule has 0 saturated heterocycles. The molecule has 20 heavy (non-hydrogen) atoms. The maximum absolute atomic E-state index is 12.7. The molecule has 0 unspecified atom stereocenters. The standard InChI is InChI=1S/C13H15ClN2O3S/c1-4-19-12-7-9(2)11(14)8-13(12)20(17,18)16-6-5-15-10(16)3/h5-8H,4H2,1-3H3. The highest BCUT2D eigenvalue weighted by Gasteiger charge is 2.24. The van der Waals surface area contributed by atoms with E-state index in [0.717, 1.165) is 9.54 Å². The van der Waals surface area contributed by atoms with Crippen molar-refractivity contribution < 1.29 is 13.2 Å². The van der Waals surface area contributed by atoms with Crippen LogP contribution in [0.25, 0.3) is 0 Å².